The summed E-state index contributed by atoms with van der Waals surface area (Å²) < 4.78 is 8.48. The second-order valence-corrected chi connectivity index (χ2v) is 10.9. The first-order valence-corrected chi connectivity index (χ1v) is 13.7. The molecule has 0 amide bonds. The number of aryl methyl sites for hydroxylation is 1. The van der Waals surface area contributed by atoms with E-state index in [1.165, 1.54) is 39.0 Å². The number of aromatic nitrogens is 3. The highest BCUT2D eigenvalue weighted by Crippen LogP contribution is 2.40. The summed E-state index contributed by atoms with van der Waals surface area (Å²) in [5.74, 6) is 1.68. The van der Waals surface area contributed by atoms with Gasteiger partial charge in [-0.05, 0) is 75.0 Å². The molecule has 0 bridgehead atoms. The number of nitrogens with zero attached hydrogens (tertiary/aromatic N) is 5. The minimum absolute atomic E-state index is 0.424. The molecule has 0 unspecified atom stereocenters. The van der Waals surface area contributed by atoms with Crippen molar-refractivity contribution in [2.45, 2.75) is 44.7 Å². The second-order valence-electron chi connectivity index (χ2n) is 10.5. The third-order valence-corrected chi connectivity index (χ3v) is 8.42. The van der Waals surface area contributed by atoms with Gasteiger partial charge in [0.1, 0.15) is 28.6 Å². The van der Waals surface area contributed by atoms with Gasteiger partial charge in [0.05, 0.1) is 5.39 Å². The molecule has 2 fully saturated rings. The summed E-state index contributed by atoms with van der Waals surface area (Å²) in [6.07, 6.45) is 8.61. The molecule has 192 valence electrons. The van der Waals surface area contributed by atoms with Gasteiger partial charge < -0.3 is 14.2 Å². The zero-order chi connectivity index (χ0) is 25.4. The first-order chi connectivity index (χ1) is 18.1. The molecule has 1 aliphatic carbocycles. The average molecular weight is 516 g/mol. The van der Waals surface area contributed by atoms with Gasteiger partial charge >= 0.3 is 0 Å². The lowest BCUT2D eigenvalue weighted by atomic mass is 9.89. The van der Waals surface area contributed by atoms with Crippen molar-refractivity contribution in [2.24, 2.45) is 0 Å². The van der Waals surface area contributed by atoms with Crippen molar-refractivity contribution in [1.29, 1.82) is 0 Å². The lowest BCUT2D eigenvalue weighted by Crippen LogP contribution is -2.49. The van der Waals surface area contributed by atoms with Crippen molar-refractivity contribution in [3.8, 4) is 22.6 Å². The molecule has 6 rings (SSSR count). The lowest BCUT2D eigenvalue weighted by molar-refractivity contribution is 0.0828. The number of rotatable bonds is 5. The van der Waals surface area contributed by atoms with E-state index in [-0.39, 0.29) is 0 Å². The molecule has 6 nitrogen and oxygen atoms in total. The number of hydrogen-bond donors (Lipinski definition) is 0. The van der Waals surface area contributed by atoms with Crippen molar-refractivity contribution in [2.75, 3.05) is 33.2 Å². The topological polar surface area (TPSA) is 46.4 Å². The SMILES string of the molecule is Cc1cc(-c2cn([C@H]3CC[C@H](N4CCN(C)CC4)CC3)c3ncnc(Cl)c23)ccc1Oc1ccccc1. The Hall–Kier alpha value is -2.93. The molecular formula is C30H34ClN5O. The molecule has 4 aromatic rings. The van der Waals surface area contributed by atoms with Crippen LogP contribution in [-0.4, -0.2) is 63.6 Å². The van der Waals surface area contributed by atoms with Gasteiger partial charge in [-0.2, -0.15) is 0 Å². The van der Waals surface area contributed by atoms with E-state index in [0.717, 1.165) is 52.1 Å². The van der Waals surface area contributed by atoms with Crippen LogP contribution in [0.1, 0.15) is 37.3 Å². The van der Waals surface area contributed by atoms with Gasteiger partial charge in [0.2, 0.25) is 0 Å². The van der Waals surface area contributed by atoms with Gasteiger partial charge in [-0.1, -0.05) is 35.9 Å². The highest BCUT2D eigenvalue weighted by Gasteiger charge is 2.30. The molecule has 0 N–H and O–H groups in total. The van der Waals surface area contributed by atoms with Crippen LogP contribution in [0.15, 0.2) is 61.1 Å². The van der Waals surface area contributed by atoms with E-state index >= 15 is 0 Å². The Morgan fingerprint density at radius 1 is 0.892 bits per heavy atom. The van der Waals surface area contributed by atoms with E-state index < -0.39 is 0 Å². The summed E-state index contributed by atoms with van der Waals surface area (Å²) in [4.78, 5) is 14.2. The smallest absolute Gasteiger partial charge is 0.145 e. The minimum Gasteiger partial charge on any atom is -0.457 e. The summed E-state index contributed by atoms with van der Waals surface area (Å²) in [5.41, 5.74) is 4.18. The fourth-order valence-electron chi connectivity index (χ4n) is 5.98. The number of ether oxygens (including phenoxy) is 1. The van der Waals surface area contributed by atoms with Gasteiger partial charge in [0.15, 0.2) is 0 Å². The van der Waals surface area contributed by atoms with E-state index in [4.69, 9.17) is 21.3 Å². The Balaban J connectivity index is 1.26. The molecule has 3 heterocycles. The standard InChI is InChI=1S/C30H34ClN5O/c1-21-18-22(8-13-27(21)37-25-6-4-3-5-7-25)26-19-36(30-28(26)29(31)32-20-33-30)24-11-9-23(10-12-24)35-16-14-34(2)15-17-35/h3-8,13,18-20,23-24H,9-12,14-17H2,1-2H3/t23-,24-. The second kappa shape index (κ2) is 10.4. The zero-order valence-corrected chi connectivity index (χ0v) is 22.4. The number of para-hydroxylation sites is 1. The first kappa shape index (κ1) is 24.4. The Kier molecular flexibility index (Phi) is 6.89. The number of likely N-dealkylation sites (N-methyl/N-ethyl adjacent to an activating group) is 1. The molecule has 7 heteroatoms. The maximum atomic E-state index is 6.68. The van der Waals surface area contributed by atoms with E-state index in [2.05, 4.69) is 51.7 Å². The third kappa shape index (κ3) is 4.98. The Labute approximate surface area is 223 Å². The van der Waals surface area contributed by atoms with E-state index in [1.807, 2.05) is 36.4 Å². The van der Waals surface area contributed by atoms with Crippen molar-refractivity contribution < 1.29 is 4.74 Å². The van der Waals surface area contributed by atoms with Crippen LogP contribution in [0.2, 0.25) is 5.15 Å². The largest absolute Gasteiger partial charge is 0.457 e. The van der Waals surface area contributed by atoms with Gasteiger partial charge in [0, 0.05) is 50.0 Å². The molecule has 0 spiro atoms. The Bertz CT molecular complexity index is 1370. The predicted octanol–water partition coefficient (Wildman–Crippen LogP) is 6.58. The van der Waals surface area contributed by atoms with Crippen LogP contribution in [0.3, 0.4) is 0 Å². The van der Waals surface area contributed by atoms with E-state index in [1.54, 1.807) is 6.33 Å². The van der Waals surface area contributed by atoms with E-state index in [9.17, 15) is 0 Å². The van der Waals surface area contributed by atoms with Crippen molar-refractivity contribution in [3.05, 3.63) is 71.8 Å². The molecule has 0 atom stereocenters. The molecule has 1 saturated heterocycles. The fourth-order valence-corrected chi connectivity index (χ4v) is 6.21. The van der Waals surface area contributed by atoms with Crippen LogP contribution in [-0.2, 0) is 0 Å². The summed E-state index contributed by atoms with van der Waals surface area (Å²) in [7, 11) is 2.22. The molecule has 1 saturated carbocycles. The summed E-state index contributed by atoms with van der Waals surface area (Å²) in [6.45, 7) is 6.81. The Morgan fingerprint density at radius 3 is 2.35 bits per heavy atom. The highest BCUT2D eigenvalue weighted by atomic mass is 35.5. The molecule has 0 radical (unpaired) electrons. The average Bonchev–Trinajstić information content (AvgIpc) is 3.32. The van der Waals surface area contributed by atoms with Gasteiger partial charge in [-0.15, -0.1) is 0 Å². The maximum absolute atomic E-state index is 6.68. The minimum atomic E-state index is 0.424. The van der Waals surface area contributed by atoms with Gasteiger partial charge in [0.25, 0.3) is 0 Å². The summed E-state index contributed by atoms with van der Waals surface area (Å²) >= 11 is 6.68. The number of fused-ring (bicyclic) bond motifs is 1. The van der Waals surface area contributed by atoms with Crippen molar-refractivity contribution in [1.82, 2.24) is 24.3 Å². The summed E-state index contributed by atoms with van der Waals surface area (Å²) in [5, 5.41) is 1.44. The lowest BCUT2D eigenvalue weighted by Gasteiger charge is -2.41. The monoisotopic (exact) mass is 515 g/mol. The number of piperazine rings is 1. The summed E-state index contributed by atoms with van der Waals surface area (Å²) in [6, 6.07) is 17.3. The highest BCUT2D eigenvalue weighted by molar-refractivity contribution is 6.35. The van der Waals surface area contributed by atoms with Crippen LogP contribution >= 0.6 is 11.6 Å². The van der Waals surface area contributed by atoms with Crippen LogP contribution in [0.5, 0.6) is 11.5 Å². The fraction of sp³-hybridized carbons (Fsp3) is 0.400. The van der Waals surface area contributed by atoms with Crippen LogP contribution in [0.4, 0.5) is 0 Å². The van der Waals surface area contributed by atoms with E-state index in [0.29, 0.717) is 17.2 Å². The van der Waals surface area contributed by atoms with Crippen molar-refractivity contribution >= 4 is 22.6 Å². The van der Waals surface area contributed by atoms with Crippen LogP contribution in [0, 0.1) is 6.92 Å². The third-order valence-electron chi connectivity index (χ3n) is 8.13. The van der Waals surface area contributed by atoms with Crippen LogP contribution in [0.25, 0.3) is 22.2 Å². The maximum Gasteiger partial charge on any atom is 0.145 e. The zero-order valence-electron chi connectivity index (χ0n) is 21.6. The normalized spacial score (nSPS) is 21.4. The molecule has 2 aromatic heterocycles. The molecule has 37 heavy (non-hydrogen) atoms. The number of hydrogen-bond acceptors (Lipinski definition) is 5. The molecular weight excluding hydrogens is 482 g/mol. The van der Waals surface area contributed by atoms with Gasteiger partial charge in [-0.25, -0.2) is 9.97 Å². The molecule has 2 aromatic carbocycles. The first-order valence-electron chi connectivity index (χ1n) is 13.3. The molecule has 2 aliphatic rings. The van der Waals surface area contributed by atoms with Crippen molar-refractivity contribution in [3.63, 3.8) is 0 Å². The molecule has 1 aliphatic heterocycles. The van der Waals surface area contributed by atoms with Gasteiger partial charge in [-0.3, -0.25) is 4.90 Å². The number of halogens is 1. The quantitative estimate of drug-likeness (QED) is 0.281. The predicted molar refractivity (Wildman–Crippen MR) is 150 cm³/mol. The number of benzene rings is 2. The Morgan fingerprint density at radius 2 is 1.62 bits per heavy atom. The van der Waals surface area contributed by atoms with Crippen LogP contribution < -0.4 is 4.74 Å².